The van der Waals surface area contributed by atoms with E-state index in [-0.39, 0.29) is 30.2 Å². The van der Waals surface area contributed by atoms with Crippen molar-refractivity contribution in [2.75, 3.05) is 48.4 Å². The fourth-order valence-corrected chi connectivity index (χ4v) is 6.23. The van der Waals surface area contributed by atoms with Crippen LogP contribution >= 0.6 is 11.8 Å². The van der Waals surface area contributed by atoms with Crippen molar-refractivity contribution in [1.82, 2.24) is 15.0 Å². The SMILES string of the molecule is C[C@@H]1OCC2(CCN(c3cnc(Sc4cccnc4N4CCCC4CO)c(N)n3)CC2)[C@@H]1N. The molecule has 5 heterocycles. The summed E-state index contributed by atoms with van der Waals surface area (Å²) in [5, 5.41) is 10.4. The van der Waals surface area contributed by atoms with E-state index in [0.29, 0.717) is 10.8 Å². The van der Waals surface area contributed by atoms with Crippen LogP contribution in [-0.2, 0) is 4.74 Å². The molecule has 0 saturated carbocycles. The van der Waals surface area contributed by atoms with Crippen LogP contribution < -0.4 is 21.3 Å². The Morgan fingerprint density at radius 1 is 1.27 bits per heavy atom. The second kappa shape index (κ2) is 9.25. The Hall–Kier alpha value is -2.14. The molecule has 0 bridgehead atoms. The van der Waals surface area contributed by atoms with Gasteiger partial charge < -0.3 is 31.1 Å². The number of hydrogen-bond donors (Lipinski definition) is 3. The number of rotatable bonds is 5. The maximum absolute atomic E-state index is 9.73. The van der Waals surface area contributed by atoms with Crippen molar-refractivity contribution in [3.8, 4) is 0 Å². The lowest BCUT2D eigenvalue weighted by Gasteiger charge is -2.41. The first-order valence-electron chi connectivity index (χ1n) is 11.8. The molecular weight excluding hydrogens is 438 g/mol. The van der Waals surface area contributed by atoms with Gasteiger partial charge in [0.25, 0.3) is 0 Å². The van der Waals surface area contributed by atoms with Gasteiger partial charge in [0.2, 0.25) is 0 Å². The van der Waals surface area contributed by atoms with Crippen LogP contribution in [0.3, 0.4) is 0 Å². The van der Waals surface area contributed by atoms with Crippen LogP contribution in [0.1, 0.15) is 32.6 Å². The summed E-state index contributed by atoms with van der Waals surface area (Å²) in [5.41, 5.74) is 12.9. The Balaban J connectivity index is 1.29. The average Bonchev–Trinajstić information content (AvgIpc) is 3.42. The van der Waals surface area contributed by atoms with E-state index in [0.717, 1.165) is 68.5 Å². The molecule has 2 aromatic heterocycles. The minimum Gasteiger partial charge on any atom is -0.394 e. The highest BCUT2D eigenvalue weighted by atomic mass is 32.2. The van der Waals surface area contributed by atoms with Crippen molar-refractivity contribution in [1.29, 1.82) is 0 Å². The zero-order chi connectivity index (χ0) is 23.0. The minimum atomic E-state index is 0.0728. The number of ether oxygens (including phenoxy) is 1. The number of nitrogens with two attached hydrogens (primary N) is 2. The molecule has 2 aromatic rings. The van der Waals surface area contributed by atoms with Crippen molar-refractivity contribution < 1.29 is 9.84 Å². The molecule has 5 rings (SSSR count). The fraction of sp³-hybridized carbons (Fsp3) is 0.609. The van der Waals surface area contributed by atoms with Gasteiger partial charge in [-0.3, -0.25) is 0 Å². The van der Waals surface area contributed by atoms with E-state index in [1.165, 1.54) is 11.8 Å². The fourth-order valence-electron chi connectivity index (χ4n) is 5.35. The lowest BCUT2D eigenvalue weighted by atomic mass is 9.73. The number of anilines is 3. The third kappa shape index (κ3) is 4.25. The Labute approximate surface area is 198 Å². The summed E-state index contributed by atoms with van der Waals surface area (Å²) in [6.07, 6.45) is 7.71. The lowest BCUT2D eigenvalue weighted by molar-refractivity contribution is 0.0974. The molecular formula is C23H33N7O2S. The molecule has 33 heavy (non-hydrogen) atoms. The van der Waals surface area contributed by atoms with Gasteiger partial charge in [-0.2, -0.15) is 0 Å². The summed E-state index contributed by atoms with van der Waals surface area (Å²) in [7, 11) is 0. The smallest absolute Gasteiger partial charge is 0.158 e. The molecule has 0 amide bonds. The molecule has 178 valence electrons. The number of aromatic nitrogens is 3. The number of nitrogens with zero attached hydrogens (tertiary/aromatic N) is 5. The monoisotopic (exact) mass is 471 g/mol. The molecule has 0 aliphatic carbocycles. The van der Waals surface area contributed by atoms with E-state index in [1.54, 1.807) is 6.20 Å². The zero-order valence-electron chi connectivity index (χ0n) is 19.1. The van der Waals surface area contributed by atoms with Gasteiger partial charge in [0.15, 0.2) is 5.82 Å². The molecule has 9 nitrogen and oxygen atoms in total. The Bertz CT molecular complexity index is 985. The molecule has 3 aliphatic heterocycles. The Morgan fingerprint density at radius 3 is 2.79 bits per heavy atom. The second-order valence-electron chi connectivity index (χ2n) is 9.41. The molecule has 3 aliphatic rings. The first kappa shape index (κ1) is 22.6. The van der Waals surface area contributed by atoms with Crippen molar-refractivity contribution in [3.05, 3.63) is 24.5 Å². The molecule has 10 heteroatoms. The highest BCUT2D eigenvalue weighted by Gasteiger charge is 2.47. The van der Waals surface area contributed by atoms with Crippen molar-refractivity contribution in [2.45, 2.75) is 60.7 Å². The zero-order valence-corrected chi connectivity index (χ0v) is 19.9. The molecule has 3 fully saturated rings. The molecule has 3 saturated heterocycles. The van der Waals surface area contributed by atoms with Gasteiger partial charge in [-0.1, -0.05) is 11.8 Å². The van der Waals surface area contributed by atoms with Crippen LogP contribution in [0.25, 0.3) is 0 Å². The van der Waals surface area contributed by atoms with E-state index in [9.17, 15) is 5.11 Å². The van der Waals surface area contributed by atoms with Gasteiger partial charge in [-0.15, -0.1) is 0 Å². The molecule has 5 N–H and O–H groups in total. The Morgan fingerprint density at radius 2 is 2.09 bits per heavy atom. The highest BCUT2D eigenvalue weighted by Crippen LogP contribution is 2.42. The van der Waals surface area contributed by atoms with Gasteiger partial charge in [0.05, 0.1) is 36.5 Å². The van der Waals surface area contributed by atoms with Gasteiger partial charge in [-0.25, -0.2) is 15.0 Å². The number of pyridine rings is 1. The normalized spacial score (nSPS) is 26.9. The van der Waals surface area contributed by atoms with E-state index in [1.807, 2.05) is 18.3 Å². The molecule has 0 aromatic carbocycles. The van der Waals surface area contributed by atoms with Gasteiger partial charge in [0, 0.05) is 37.3 Å². The van der Waals surface area contributed by atoms with Gasteiger partial charge in [0.1, 0.15) is 16.7 Å². The third-order valence-corrected chi connectivity index (χ3v) is 8.55. The number of nitrogen functional groups attached to an aromatic ring is 1. The summed E-state index contributed by atoms with van der Waals surface area (Å²) in [5.74, 6) is 2.09. The Kier molecular flexibility index (Phi) is 6.34. The summed E-state index contributed by atoms with van der Waals surface area (Å²) >= 11 is 1.48. The first-order chi connectivity index (χ1) is 16.0. The summed E-state index contributed by atoms with van der Waals surface area (Å²) in [4.78, 5) is 19.3. The van der Waals surface area contributed by atoms with Crippen molar-refractivity contribution in [2.24, 2.45) is 11.1 Å². The number of aliphatic hydroxyl groups is 1. The third-order valence-electron chi connectivity index (χ3n) is 7.50. The maximum atomic E-state index is 9.73. The van der Waals surface area contributed by atoms with Crippen molar-refractivity contribution in [3.63, 3.8) is 0 Å². The average molecular weight is 472 g/mol. The quantitative estimate of drug-likeness (QED) is 0.595. The van der Waals surface area contributed by atoms with Crippen LogP contribution in [0.4, 0.5) is 17.5 Å². The number of piperidine rings is 1. The summed E-state index contributed by atoms with van der Waals surface area (Å²) in [6.45, 7) is 5.57. The van der Waals surface area contributed by atoms with Crippen LogP contribution in [-0.4, -0.2) is 71.1 Å². The predicted octanol–water partition coefficient (Wildman–Crippen LogP) is 1.90. The predicted molar refractivity (Wildman–Crippen MR) is 130 cm³/mol. The van der Waals surface area contributed by atoms with Crippen molar-refractivity contribution >= 4 is 29.2 Å². The molecule has 3 atom stereocenters. The molecule has 0 radical (unpaired) electrons. The van der Waals surface area contributed by atoms with Crippen LogP contribution in [0.15, 0.2) is 34.4 Å². The van der Waals surface area contributed by atoms with E-state index >= 15 is 0 Å². The first-order valence-corrected chi connectivity index (χ1v) is 12.6. The number of hydrogen-bond acceptors (Lipinski definition) is 10. The summed E-state index contributed by atoms with van der Waals surface area (Å²) in [6, 6.07) is 4.13. The molecule has 1 unspecified atom stereocenters. The van der Waals surface area contributed by atoms with E-state index in [4.69, 9.17) is 16.2 Å². The van der Waals surface area contributed by atoms with Gasteiger partial charge >= 0.3 is 0 Å². The minimum absolute atomic E-state index is 0.0728. The largest absolute Gasteiger partial charge is 0.394 e. The van der Waals surface area contributed by atoms with E-state index < -0.39 is 0 Å². The van der Waals surface area contributed by atoms with E-state index in [2.05, 4.69) is 31.7 Å². The van der Waals surface area contributed by atoms with Crippen LogP contribution in [0.2, 0.25) is 0 Å². The lowest BCUT2D eigenvalue weighted by Crippen LogP contribution is -2.50. The molecule has 1 spiro atoms. The van der Waals surface area contributed by atoms with Gasteiger partial charge in [-0.05, 0) is 44.7 Å². The maximum Gasteiger partial charge on any atom is 0.158 e. The van der Waals surface area contributed by atoms with Crippen LogP contribution in [0.5, 0.6) is 0 Å². The highest BCUT2D eigenvalue weighted by molar-refractivity contribution is 7.99. The topological polar surface area (TPSA) is 127 Å². The standard InChI is InChI=1S/C23H33N7O2S/c1-15-19(24)23(14-32-15)6-10-29(11-7-23)18-12-27-22(20(25)28-18)33-17-5-2-8-26-21(17)30-9-3-4-16(30)13-31/h2,5,8,12,15-16,19,31H,3-4,6-7,9-11,13-14,24H2,1H3,(H2,25,28)/t15-,16?,19+/m0/s1. The number of aliphatic hydroxyl groups excluding tert-OH is 1. The van der Waals surface area contributed by atoms with Crippen LogP contribution in [0, 0.1) is 5.41 Å². The second-order valence-corrected chi connectivity index (χ2v) is 10.4. The summed E-state index contributed by atoms with van der Waals surface area (Å²) < 4.78 is 5.83.